The average Bonchev–Trinajstić information content (AvgIpc) is 2.96. The fourth-order valence-corrected chi connectivity index (χ4v) is 2.90. The molecule has 6 nitrogen and oxygen atoms in total. The summed E-state index contributed by atoms with van der Waals surface area (Å²) in [5, 5.41) is 4.15. The molecule has 2 N–H and O–H groups in total. The lowest BCUT2D eigenvalue weighted by Crippen LogP contribution is -2.04. The number of hydrogen-bond acceptors (Lipinski definition) is 4. The number of aryl methyl sites for hydroxylation is 1. The molecule has 2 aromatic heterocycles. The molecule has 0 saturated carbocycles. The third-order valence-electron chi connectivity index (χ3n) is 4.16. The highest BCUT2D eigenvalue weighted by molar-refractivity contribution is 5.78. The van der Waals surface area contributed by atoms with E-state index in [0.29, 0.717) is 22.7 Å². The SMILES string of the molecule is Cc1nc2ccc(F)cc2n1-c1cc(N)nc([N-]c2ccc(C(F)(F)F)cc2)n1. The van der Waals surface area contributed by atoms with E-state index in [2.05, 4.69) is 20.3 Å². The van der Waals surface area contributed by atoms with Gasteiger partial charge in [-0.1, -0.05) is 12.1 Å². The summed E-state index contributed by atoms with van der Waals surface area (Å²) in [7, 11) is 0. The Kier molecular flexibility index (Phi) is 4.33. The van der Waals surface area contributed by atoms with E-state index < -0.39 is 17.6 Å². The van der Waals surface area contributed by atoms with Crippen LogP contribution in [0.4, 0.5) is 35.0 Å². The minimum Gasteiger partial charge on any atom is -0.396 e. The molecule has 0 aliphatic heterocycles. The number of hydrogen-bond donors (Lipinski definition) is 1. The Morgan fingerprint density at radius 2 is 1.69 bits per heavy atom. The van der Waals surface area contributed by atoms with Gasteiger partial charge in [-0.25, -0.2) is 9.37 Å². The number of halogens is 4. The molecule has 2 heterocycles. The van der Waals surface area contributed by atoms with Crippen molar-refractivity contribution in [1.29, 1.82) is 0 Å². The van der Waals surface area contributed by atoms with Crippen molar-refractivity contribution in [1.82, 2.24) is 19.5 Å². The zero-order valence-electron chi connectivity index (χ0n) is 14.9. The molecule has 148 valence electrons. The Morgan fingerprint density at radius 3 is 2.38 bits per heavy atom. The fourth-order valence-electron chi connectivity index (χ4n) is 2.90. The van der Waals surface area contributed by atoms with Gasteiger partial charge in [-0.2, -0.15) is 13.2 Å². The molecule has 0 atom stereocenters. The summed E-state index contributed by atoms with van der Waals surface area (Å²) < 4.78 is 53.4. The van der Waals surface area contributed by atoms with Crippen molar-refractivity contribution >= 4 is 28.5 Å². The summed E-state index contributed by atoms with van der Waals surface area (Å²) >= 11 is 0. The molecule has 0 aliphatic carbocycles. The molecule has 0 amide bonds. The van der Waals surface area contributed by atoms with E-state index in [1.165, 1.54) is 30.3 Å². The van der Waals surface area contributed by atoms with Crippen molar-refractivity contribution in [3.05, 3.63) is 71.1 Å². The van der Waals surface area contributed by atoms with Crippen molar-refractivity contribution < 1.29 is 17.6 Å². The van der Waals surface area contributed by atoms with Gasteiger partial charge >= 0.3 is 6.18 Å². The van der Waals surface area contributed by atoms with Gasteiger partial charge < -0.3 is 21.0 Å². The van der Waals surface area contributed by atoms with Crippen LogP contribution < -0.4 is 5.73 Å². The van der Waals surface area contributed by atoms with Crippen molar-refractivity contribution in [3.8, 4) is 5.82 Å². The van der Waals surface area contributed by atoms with E-state index in [-0.39, 0.29) is 17.5 Å². The van der Waals surface area contributed by atoms with Crippen LogP contribution in [0.3, 0.4) is 0 Å². The second kappa shape index (κ2) is 6.73. The van der Waals surface area contributed by atoms with Gasteiger partial charge in [0.2, 0.25) is 0 Å². The number of anilines is 1. The van der Waals surface area contributed by atoms with Crippen LogP contribution in [0.15, 0.2) is 48.5 Å². The van der Waals surface area contributed by atoms with E-state index >= 15 is 0 Å². The van der Waals surface area contributed by atoms with E-state index in [1.807, 2.05) is 0 Å². The summed E-state index contributed by atoms with van der Waals surface area (Å²) in [6, 6.07) is 9.91. The zero-order valence-corrected chi connectivity index (χ0v) is 14.9. The van der Waals surface area contributed by atoms with Crippen LogP contribution in [0.1, 0.15) is 11.4 Å². The molecule has 4 rings (SSSR count). The quantitative estimate of drug-likeness (QED) is 0.478. The molecule has 4 aromatic rings. The standard InChI is InChI=1S/C19H13F4N6/c1-10-25-14-7-4-12(20)8-15(14)29(10)17-9-16(24)27-18(28-17)26-13-5-2-11(3-6-13)19(21,22)23/h2-9H,1H3,(H2-,24,26,27,28)/q-1. The first-order valence-corrected chi connectivity index (χ1v) is 8.39. The number of benzene rings is 2. The molecule has 0 aliphatic rings. The predicted molar refractivity (Wildman–Crippen MR) is 99.9 cm³/mol. The van der Waals surface area contributed by atoms with E-state index in [0.717, 1.165) is 12.1 Å². The number of imidazole rings is 1. The van der Waals surface area contributed by atoms with Crippen LogP contribution in [0.25, 0.3) is 22.2 Å². The first kappa shape index (κ1) is 18.7. The maximum Gasteiger partial charge on any atom is 0.416 e. The van der Waals surface area contributed by atoms with Crippen molar-refractivity contribution in [2.24, 2.45) is 0 Å². The topological polar surface area (TPSA) is 83.7 Å². The first-order chi connectivity index (χ1) is 13.7. The van der Waals surface area contributed by atoms with E-state index in [1.54, 1.807) is 17.6 Å². The van der Waals surface area contributed by atoms with Crippen molar-refractivity contribution in [2.45, 2.75) is 13.1 Å². The van der Waals surface area contributed by atoms with Gasteiger partial charge in [0.1, 0.15) is 11.6 Å². The number of nitrogens with zero attached hydrogens (tertiary/aromatic N) is 5. The van der Waals surface area contributed by atoms with Crippen LogP contribution in [0.5, 0.6) is 0 Å². The number of nitrogen functional groups attached to an aromatic ring is 1. The Hall–Kier alpha value is -3.69. The lowest BCUT2D eigenvalue weighted by Gasteiger charge is -2.18. The normalized spacial score (nSPS) is 11.8. The first-order valence-electron chi connectivity index (χ1n) is 8.39. The van der Waals surface area contributed by atoms with Crippen LogP contribution in [0, 0.1) is 12.7 Å². The molecule has 2 aromatic carbocycles. The number of rotatable bonds is 3. The summed E-state index contributed by atoms with van der Waals surface area (Å²) in [6.45, 7) is 1.73. The third-order valence-corrected chi connectivity index (χ3v) is 4.16. The van der Waals surface area contributed by atoms with Crippen LogP contribution in [-0.4, -0.2) is 19.5 Å². The maximum absolute atomic E-state index is 13.7. The van der Waals surface area contributed by atoms with Gasteiger partial charge in [0.25, 0.3) is 0 Å². The monoisotopic (exact) mass is 401 g/mol. The highest BCUT2D eigenvalue weighted by atomic mass is 19.4. The molecule has 10 heteroatoms. The summed E-state index contributed by atoms with van der Waals surface area (Å²) in [4.78, 5) is 12.7. The lowest BCUT2D eigenvalue weighted by molar-refractivity contribution is -0.137. The van der Waals surface area contributed by atoms with E-state index in [4.69, 9.17) is 5.73 Å². The Morgan fingerprint density at radius 1 is 0.966 bits per heavy atom. The molecular weight excluding hydrogens is 388 g/mol. The summed E-state index contributed by atoms with van der Waals surface area (Å²) in [5.41, 5.74) is 6.36. The smallest absolute Gasteiger partial charge is 0.396 e. The minimum atomic E-state index is -4.44. The van der Waals surface area contributed by atoms with Gasteiger partial charge in [0.15, 0.2) is 0 Å². The second-order valence-electron chi connectivity index (χ2n) is 6.23. The molecule has 29 heavy (non-hydrogen) atoms. The van der Waals surface area contributed by atoms with Crippen LogP contribution in [0.2, 0.25) is 0 Å². The van der Waals surface area contributed by atoms with Gasteiger partial charge in [0, 0.05) is 12.0 Å². The molecule has 0 unspecified atom stereocenters. The Balaban J connectivity index is 1.72. The lowest BCUT2D eigenvalue weighted by atomic mass is 10.2. The Bertz CT molecular complexity index is 1200. The number of alkyl halides is 3. The van der Waals surface area contributed by atoms with Crippen molar-refractivity contribution in [3.63, 3.8) is 0 Å². The molecule has 0 bridgehead atoms. The summed E-state index contributed by atoms with van der Waals surface area (Å²) in [6.07, 6.45) is -4.44. The van der Waals surface area contributed by atoms with Gasteiger partial charge in [-0.3, -0.25) is 4.57 Å². The van der Waals surface area contributed by atoms with Gasteiger partial charge in [-0.05, 0) is 42.9 Å². The zero-order chi connectivity index (χ0) is 20.8. The average molecular weight is 401 g/mol. The fraction of sp³-hybridized carbons (Fsp3) is 0.105. The molecule has 0 saturated heterocycles. The van der Waals surface area contributed by atoms with Crippen molar-refractivity contribution in [2.75, 3.05) is 5.73 Å². The second-order valence-corrected chi connectivity index (χ2v) is 6.23. The number of aromatic nitrogens is 4. The summed E-state index contributed by atoms with van der Waals surface area (Å²) in [5.74, 6) is 0.476. The molecular formula is C19H13F4N6-. The largest absolute Gasteiger partial charge is 0.416 e. The van der Waals surface area contributed by atoms with Gasteiger partial charge in [0.05, 0.1) is 28.2 Å². The highest BCUT2D eigenvalue weighted by Gasteiger charge is 2.29. The predicted octanol–water partition coefficient (Wildman–Crippen LogP) is 5.20. The molecule has 0 radical (unpaired) electrons. The molecule has 0 spiro atoms. The number of nitrogens with two attached hydrogens (primary N) is 1. The number of fused-ring (bicyclic) bond motifs is 1. The van der Waals surface area contributed by atoms with E-state index in [9.17, 15) is 17.6 Å². The Labute approximate surface area is 162 Å². The van der Waals surface area contributed by atoms with Crippen LogP contribution >= 0.6 is 0 Å². The van der Waals surface area contributed by atoms with Gasteiger partial charge in [-0.15, -0.1) is 0 Å². The molecule has 0 fully saturated rings. The highest BCUT2D eigenvalue weighted by Crippen LogP contribution is 2.34. The third kappa shape index (κ3) is 3.68. The minimum absolute atomic E-state index is 0.0441. The maximum atomic E-state index is 13.7. The van der Waals surface area contributed by atoms with Crippen LogP contribution in [-0.2, 0) is 6.18 Å².